The highest BCUT2D eigenvalue weighted by atomic mass is 16.4. The number of unbranched alkanes of at least 4 members (excludes halogenated alkanes) is 15. The molecule has 0 aromatic rings. The molecule has 0 aliphatic rings. The first kappa shape index (κ1) is 27.9. The molecule has 0 rings (SSSR count). The monoisotopic (exact) mass is 408 g/mol. The van der Waals surface area contributed by atoms with Crippen LogP contribution >= 0.6 is 0 Å². The maximum Gasteiger partial charge on any atom is 0.332 e. The van der Waals surface area contributed by atoms with Crippen LogP contribution in [0.15, 0.2) is 24.3 Å². The van der Waals surface area contributed by atoms with Gasteiger partial charge in [-0.15, -0.1) is 0 Å². The van der Waals surface area contributed by atoms with Crippen LogP contribution in [0, 0.1) is 0 Å². The molecule has 0 spiro atoms. The molecule has 2 N–H and O–H groups in total. The van der Waals surface area contributed by atoms with Crippen LogP contribution in [-0.2, 0) is 4.79 Å². The zero-order chi connectivity index (χ0) is 21.4. The van der Waals surface area contributed by atoms with Crippen molar-refractivity contribution in [3.05, 3.63) is 24.3 Å². The van der Waals surface area contributed by atoms with Crippen molar-refractivity contribution < 1.29 is 15.0 Å². The number of hydrogen-bond acceptors (Lipinski definition) is 2. The van der Waals surface area contributed by atoms with Gasteiger partial charge in [0.2, 0.25) is 0 Å². The molecule has 0 bridgehead atoms. The molecule has 0 saturated heterocycles. The molecule has 0 aliphatic heterocycles. The van der Waals surface area contributed by atoms with Crippen molar-refractivity contribution in [2.75, 3.05) is 0 Å². The molecule has 0 amide bonds. The summed E-state index contributed by atoms with van der Waals surface area (Å²) >= 11 is 0. The molecule has 0 aliphatic carbocycles. The lowest BCUT2D eigenvalue weighted by molar-refractivity contribution is -0.146. The minimum Gasteiger partial charge on any atom is -0.479 e. The topological polar surface area (TPSA) is 57.5 Å². The van der Waals surface area contributed by atoms with Gasteiger partial charge in [-0.05, 0) is 38.5 Å². The van der Waals surface area contributed by atoms with Gasteiger partial charge in [-0.2, -0.15) is 0 Å². The number of carbonyl (C=O) groups is 1. The Hall–Kier alpha value is -1.09. The van der Waals surface area contributed by atoms with Crippen molar-refractivity contribution in [3.8, 4) is 0 Å². The summed E-state index contributed by atoms with van der Waals surface area (Å²) in [6.45, 7) is 2.28. The van der Waals surface area contributed by atoms with Crippen LogP contribution in [0.25, 0.3) is 0 Å². The second-order valence-corrected chi connectivity index (χ2v) is 8.34. The van der Waals surface area contributed by atoms with Crippen molar-refractivity contribution in [3.63, 3.8) is 0 Å². The highest BCUT2D eigenvalue weighted by molar-refractivity contribution is 5.71. The Bertz CT molecular complexity index is 401. The Labute approximate surface area is 180 Å². The summed E-state index contributed by atoms with van der Waals surface area (Å²) < 4.78 is 0. The van der Waals surface area contributed by atoms with E-state index in [2.05, 4.69) is 25.2 Å². The van der Waals surface area contributed by atoms with Gasteiger partial charge in [0.05, 0.1) is 0 Å². The van der Waals surface area contributed by atoms with Crippen LogP contribution in [0.5, 0.6) is 0 Å². The average molecular weight is 409 g/mol. The average Bonchev–Trinajstić information content (AvgIpc) is 2.71. The normalized spacial score (nSPS) is 12.9. The molecular formula is C26H48O3. The van der Waals surface area contributed by atoms with Gasteiger partial charge in [0.15, 0.2) is 6.10 Å². The first-order valence-electron chi connectivity index (χ1n) is 12.4. The Kier molecular flexibility index (Phi) is 22.3. The minimum atomic E-state index is -1.23. The Morgan fingerprint density at radius 3 is 1.45 bits per heavy atom. The molecule has 170 valence electrons. The van der Waals surface area contributed by atoms with Crippen molar-refractivity contribution >= 4 is 5.97 Å². The van der Waals surface area contributed by atoms with Crippen molar-refractivity contribution in [2.45, 2.75) is 135 Å². The van der Waals surface area contributed by atoms with E-state index < -0.39 is 12.1 Å². The fourth-order valence-electron chi connectivity index (χ4n) is 3.50. The van der Waals surface area contributed by atoms with E-state index in [1.54, 1.807) is 0 Å². The van der Waals surface area contributed by atoms with E-state index in [4.69, 9.17) is 10.2 Å². The molecule has 0 aromatic heterocycles. The van der Waals surface area contributed by atoms with Gasteiger partial charge in [-0.3, -0.25) is 0 Å². The van der Waals surface area contributed by atoms with E-state index in [-0.39, 0.29) is 0 Å². The van der Waals surface area contributed by atoms with Gasteiger partial charge in [0.25, 0.3) is 0 Å². The highest BCUT2D eigenvalue weighted by Gasteiger charge is 2.10. The third kappa shape index (κ3) is 23.1. The van der Waals surface area contributed by atoms with Crippen molar-refractivity contribution in [1.29, 1.82) is 0 Å². The zero-order valence-corrected chi connectivity index (χ0v) is 19.1. The number of aliphatic hydroxyl groups excluding tert-OH is 1. The number of carboxylic acid groups (broad SMARTS) is 1. The van der Waals surface area contributed by atoms with E-state index in [9.17, 15) is 4.79 Å². The van der Waals surface area contributed by atoms with E-state index in [0.717, 1.165) is 12.8 Å². The number of carboxylic acids is 1. The van der Waals surface area contributed by atoms with Crippen LogP contribution < -0.4 is 0 Å². The number of allylic oxidation sites excluding steroid dienone is 4. The Balaban J connectivity index is 3.20. The first-order chi connectivity index (χ1) is 14.2. The first-order valence-corrected chi connectivity index (χ1v) is 12.4. The molecule has 1 atom stereocenters. The molecule has 0 radical (unpaired) electrons. The van der Waals surface area contributed by atoms with Gasteiger partial charge >= 0.3 is 5.97 Å². The Morgan fingerprint density at radius 2 is 1.00 bits per heavy atom. The zero-order valence-electron chi connectivity index (χ0n) is 19.1. The van der Waals surface area contributed by atoms with Gasteiger partial charge in [0.1, 0.15) is 0 Å². The standard InChI is InChI=1S/C26H48O3/c1-2-3-4-5-6-7-8-9-10-11-12-13-14-15-16-17-18-19-20-21-22-23-24-25(27)26(28)29/h17-18,21-22,25,27H,2-16,19-20,23-24H2,1H3,(H,28,29)/b18-17-,22-21-. The number of rotatable bonds is 22. The van der Waals surface area contributed by atoms with Gasteiger partial charge in [0, 0.05) is 0 Å². The van der Waals surface area contributed by atoms with E-state index in [1.165, 1.54) is 96.3 Å². The summed E-state index contributed by atoms with van der Waals surface area (Å²) in [4.78, 5) is 10.5. The second-order valence-electron chi connectivity index (χ2n) is 8.34. The summed E-state index contributed by atoms with van der Waals surface area (Å²) in [5.74, 6) is -1.13. The van der Waals surface area contributed by atoms with Gasteiger partial charge < -0.3 is 10.2 Å². The minimum absolute atomic E-state index is 0.292. The lowest BCUT2D eigenvalue weighted by Gasteiger charge is -2.02. The van der Waals surface area contributed by atoms with Crippen LogP contribution in [0.1, 0.15) is 129 Å². The maximum atomic E-state index is 10.5. The van der Waals surface area contributed by atoms with E-state index in [1.807, 2.05) is 6.08 Å². The maximum absolute atomic E-state index is 10.5. The largest absolute Gasteiger partial charge is 0.479 e. The van der Waals surface area contributed by atoms with Crippen molar-refractivity contribution in [2.24, 2.45) is 0 Å². The SMILES string of the molecule is CCCCCCCCCCCCCCCC/C=C\CC/C=C\CCC(O)C(=O)O. The predicted molar refractivity (Wildman–Crippen MR) is 125 cm³/mol. The molecule has 1 unspecified atom stereocenters. The van der Waals surface area contributed by atoms with Crippen LogP contribution in [0.3, 0.4) is 0 Å². The number of aliphatic hydroxyl groups is 1. The fourth-order valence-corrected chi connectivity index (χ4v) is 3.50. The van der Waals surface area contributed by atoms with E-state index >= 15 is 0 Å². The third-order valence-corrected chi connectivity index (χ3v) is 5.45. The summed E-state index contributed by atoms with van der Waals surface area (Å²) in [5, 5.41) is 17.7. The molecule has 3 nitrogen and oxygen atoms in total. The number of aliphatic carboxylic acids is 1. The highest BCUT2D eigenvalue weighted by Crippen LogP contribution is 2.13. The smallest absolute Gasteiger partial charge is 0.332 e. The van der Waals surface area contributed by atoms with Crippen LogP contribution in [-0.4, -0.2) is 22.3 Å². The van der Waals surface area contributed by atoms with Crippen molar-refractivity contribution in [1.82, 2.24) is 0 Å². The lowest BCUT2D eigenvalue weighted by atomic mass is 10.0. The Morgan fingerprint density at radius 1 is 0.621 bits per heavy atom. The predicted octanol–water partition coefficient (Wildman–Crippen LogP) is 7.98. The molecule has 29 heavy (non-hydrogen) atoms. The summed E-state index contributed by atoms with van der Waals surface area (Å²) in [6.07, 6.45) is 31.2. The second kappa shape index (κ2) is 23.2. The summed E-state index contributed by atoms with van der Waals surface area (Å²) in [7, 11) is 0. The fraction of sp³-hybridized carbons (Fsp3) is 0.808. The summed E-state index contributed by atoms with van der Waals surface area (Å²) in [5.41, 5.74) is 0. The molecule has 0 heterocycles. The van der Waals surface area contributed by atoms with E-state index in [0.29, 0.717) is 12.8 Å². The quantitative estimate of drug-likeness (QED) is 0.141. The van der Waals surface area contributed by atoms with Crippen LogP contribution in [0.2, 0.25) is 0 Å². The van der Waals surface area contributed by atoms with Gasteiger partial charge in [-0.1, -0.05) is 115 Å². The molecule has 0 aromatic carbocycles. The van der Waals surface area contributed by atoms with Crippen LogP contribution in [0.4, 0.5) is 0 Å². The third-order valence-electron chi connectivity index (χ3n) is 5.45. The molecule has 0 fully saturated rings. The molecule has 0 saturated carbocycles. The molecule has 3 heteroatoms. The lowest BCUT2D eigenvalue weighted by Crippen LogP contribution is -2.18. The number of hydrogen-bond donors (Lipinski definition) is 2. The summed E-state index contributed by atoms with van der Waals surface area (Å²) in [6, 6.07) is 0. The molecular weight excluding hydrogens is 360 g/mol. The van der Waals surface area contributed by atoms with Gasteiger partial charge in [-0.25, -0.2) is 4.79 Å².